The van der Waals surface area contributed by atoms with Crippen molar-refractivity contribution in [2.75, 3.05) is 13.7 Å². The molecule has 1 N–H and O–H groups in total. The van der Waals surface area contributed by atoms with Gasteiger partial charge in [-0.05, 0) is 36.5 Å². The van der Waals surface area contributed by atoms with Gasteiger partial charge in [-0.1, -0.05) is 30.3 Å². The van der Waals surface area contributed by atoms with E-state index in [9.17, 15) is 9.90 Å². The van der Waals surface area contributed by atoms with Crippen LogP contribution in [-0.2, 0) is 6.54 Å². The molecule has 1 aromatic carbocycles. The summed E-state index contributed by atoms with van der Waals surface area (Å²) >= 11 is 0. The molecule has 0 bridgehead atoms. The number of rotatable bonds is 7. The summed E-state index contributed by atoms with van der Waals surface area (Å²) in [5.74, 6) is 0.521. The molecule has 0 radical (unpaired) electrons. The Hall–Kier alpha value is -2.40. The highest BCUT2D eigenvalue weighted by molar-refractivity contribution is 5.96. The highest BCUT2D eigenvalue weighted by Gasteiger charge is 2.38. The van der Waals surface area contributed by atoms with Crippen LogP contribution in [0.2, 0.25) is 0 Å². The molecule has 1 aliphatic rings. The molecule has 2 aromatic rings. The molecule has 1 amide bonds. The molecule has 1 heterocycles. The smallest absolute Gasteiger partial charge is 0.259 e. The third-order valence-electron chi connectivity index (χ3n) is 4.41. The Kier molecular flexibility index (Phi) is 5.11. The van der Waals surface area contributed by atoms with Crippen LogP contribution in [0.5, 0.6) is 5.88 Å². The predicted molar refractivity (Wildman–Crippen MR) is 90.7 cm³/mol. The third kappa shape index (κ3) is 3.57. The Morgan fingerprint density at radius 1 is 1.29 bits per heavy atom. The van der Waals surface area contributed by atoms with Crippen LogP contribution in [0.25, 0.3) is 0 Å². The molecule has 3 rings (SSSR count). The minimum atomic E-state index is -0.178. The van der Waals surface area contributed by atoms with Crippen molar-refractivity contribution in [1.29, 1.82) is 0 Å². The molecule has 1 atom stereocenters. The molecular formula is C19H22N2O3. The first kappa shape index (κ1) is 16.5. The fraction of sp³-hybridized carbons (Fsp3) is 0.368. The third-order valence-corrected chi connectivity index (χ3v) is 4.41. The summed E-state index contributed by atoms with van der Waals surface area (Å²) in [6, 6.07) is 13.1. The first-order chi connectivity index (χ1) is 11.7. The zero-order valence-electron chi connectivity index (χ0n) is 13.8. The summed E-state index contributed by atoms with van der Waals surface area (Å²) < 4.78 is 5.24. The molecule has 0 saturated heterocycles. The Balaban J connectivity index is 1.92. The van der Waals surface area contributed by atoms with E-state index in [1.807, 2.05) is 30.3 Å². The Morgan fingerprint density at radius 2 is 2.04 bits per heavy atom. The maximum atomic E-state index is 13.2. The molecule has 1 unspecified atom stereocenters. The number of amides is 1. The average molecular weight is 326 g/mol. The fourth-order valence-corrected chi connectivity index (χ4v) is 2.97. The van der Waals surface area contributed by atoms with Gasteiger partial charge in [-0.25, -0.2) is 4.98 Å². The van der Waals surface area contributed by atoms with Crippen LogP contribution in [-0.4, -0.2) is 40.7 Å². The fourth-order valence-electron chi connectivity index (χ4n) is 2.97. The summed E-state index contributed by atoms with van der Waals surface area (Å²) in [7, 11) is 1.51. The first-order valence-electron chi connectivity index (χ1n) is 8.19. The summed E-state index contributed by atoms with van der Waals surface area (Å²) in [5, 5.41) is 9.87. The van der Waals surface area contributed by atoms with Crippen molar-refractivity contribution in [3.63, 3.8) is 0 Å². The van der Waals surface area contributed by atoms with Crippen LogP contribution >= 0.6 is 0 Å². The van der Waals surface area contributed by atoms with Gasteiger partial charge in [-0.2, -0.15) is 0 Å². The van der Waals surface area contributed by atoms with Gasteiger partial charge in [0.1, 0.15) is 5.56 Å². The first-order valence-corrected chi connectivity index (χ1v) is 8.19. The van der Waals surface area contributed by atoms with Crippen LogP contribution in [0.1, 0.15) is 28.8 Å². The second-order valence-electron chi connectivity index (χ2n) is 6.07. The lowest BCUT2D eigenvalue weighted by Crippen LogP contribution is -2.43. The number of pyridine rings is 1. The molecule has 5 heteroatoms. The van der Waals surface area contributed by atoms with Gasteiger partial charge in [0.15, 0.2) is 0 Å². The highest BCUT2D eigenvalue weighted by Crippen LogP contribution is 2.36. The van der Waals surface area contributed by atoms with Gasteiger partial charge in [-0.3, -0.25) is 4.79 Å². The minimum Gasteiger partial charge on any atom is -0.480 e. The Bertz CT molecular complexity index is 686. The monoisotopic (exact) mass is 326 g/mol. The minimum absolute atomic E-state index is 0.0359. The van der Waals surface area contributed by atoms with E-state index in [-0.39, 0.29) is 18.6 Å². The van der Waals surface area contributed by atoms with Crippen molar-refractivity contribution >= 4 is 5.91 Å². The molecule has 1 aromatic heterocycles. The van der Waals surface area contributed by atoms with Gasteiger partial charge in [-0.15, -0.1) is 0 Å². The van der Waals surface area contributed by atoms with Gasteiger partial charge in [0.2, 0.25) is 5.88 Å². The van der Waals surface area contributed by atoms with E-state index in [0.29, 0.717) is 23.9 Å². The van der Waals surface area contributed by atoms with Crippen molar-refractivity contribution in [1.82, 2.24) is 9.88 Å². The number of ether oxygens (including phenoxy) is 1. The van der Waals surface area contributed by atoms with Crippen molar-refractivity contribution in [3.8, 4) is 5.88 Å². The quantitative estimate of drug-likeness (QED) is 0.849. The van der Waals surface area contributed by atoms with E-state index in [0.717, 1.165) is 18.4 Å². The van der Waals surface area contributed by atoms with Crippen molar-refractivity contribution in [2.24, 2.45) is 5.92 Å². The second-order valence-corrected chi connectivity index (χ2v) is 6.07. The van der Waals surface area contributed by atoms with Crippen molar-refractivity contribution < 1.29 is 14.6 Å². The lowest BCUT2D eigenvalue weighted by molar-refractivity contribution is 0.0527. The van der Waals surface area contributed by atoms with Gasteiger partial charge >= 0.3 is 0 Å². The maximum absolute atomic E-state index is 13.2. The van der Waals surface area contributed by atoms with E-state index in [1.54, 1.807) is 23.2 Å². The summed E-state index contributed by atoms with van der Waals surface area (Å²) in [4.78, 5) is 19.0. The van der Waals surface area contributed by atoms with E-state index in [1.165, 1.54) is 7.11 Å². The van der Waals surface area contributed by atoms with Crippen LogP contribution < -0.4 is 4.74 Å². The van der Waals surface area contributed by atoms with Gasteiger partial charge in [0, 0.05) is 12.7 Å². The van der Waals surface area contributed by atoms with E-state index >= 15 is 0 Å². The topological polar surface area (TPSA) is 62.7 Å². The predicted octanol–water partition coefficient (Wildman–Crippen LogP) is 2.50. The molecule has 1 saturated carbocycles. The zero-order valence-corrected chi connectivity index (χ0v) is 13.8. The van der Waals surface area contributed by atoms with Gasteiger partial charge in [0.05, 0.1) is 19.8 Å². The lowest BCUT2D eigenvalue weighted by Gasteiger charge is -2.31. The zero-order chi connectivity index (χ0) is 16.9. The summed E-state index contributed by atoms with van der Waals surface area (Å²) in [6.07, 6.45) is 3.70. The molecule has 126 valence electrons. The molecule has 0 aliphatic heterocycles. The summed E-state index contributed by atoms with van der Waals surface area (Å²) in [5.41, 5.74) is 1.46. The number of aromatic nitrogens is 1. The maximum Gasteiger partial charge on any atom is 0.259 e. The molecular weight excluding hydrogens is 304 g/mol. The van der Waals surface area contributed by atoms with Crippen LogP contribution in [0, 0.1) is 5.92 Å². The summed E-state index contributed by atoms with van der Waals surface area (Å²) in [6.45, 7) is 0.422. The number of hydrogen-bond donors (Lipinski definition) is 1. The number of hydrogen-bond acceptors (Lipinski definition) is 4. The Labute approximate surface area is 141 Å². The number of aliphatic hydroxyl groups is 1. The number of aliphatic hydroxyl groups excluding tert-OH is 1. The van der Waals surface area contributed by atoms with E-state index in [2.05, 4.69) is 4.98 Å². The van der Waals surface area contributed by atoms with Crippen molar-refractivity contribution in [3.05, 3.63) is 59.8 Å². The van der Waals surface area contributed by atoms with Gasteiger partial charge < -0.3 is 14.7 Å². The number of methoxy groups -OCH3 is 1. The lowest BCUT2D eigenvalue weighted by atomic mass is 10.1. The highest BCUT2D eigenvalue weighted by atomic mass is 16.5. The standard InChI is InChI=1S/C19H22N2O3/c1-24-18-16(8-5-11-20-18)19(23)21(17(13-22)15-9-10-15)12-14-6-3-2-4-7-14/h2-8,11,15,17,22H,9-10,12-13H2,1H3. The molecule has 5 nitrogen and oxygen atoms in total. The van der Waals surface area contributed by atoms with Gasteiger partial charge in [0.25, 0.3) is 5.91 Å². The number of carbonyl (C=O) groups excluding carboxylic acids is 1. The molecule has 0 spiro atoms. The van der Waals surface area contributed by atoms with Crippen molar-refractivity contribution in [2.45, 2.75) is 25.4 Å². The average Bonchev–Trinajstić information content (AvgIpc) is 3.47. The molecule has 1 fully saturated rings. The Morgan fingerprint density at radius 3 is 2.67 bits per heavy atom. The van der Waals surface area contributed by atoms with E-state index < -0.39 is 0 Å². The number of benzene rings is 1. The molecule has 1 aliphatic carbocycles. The second kappa shape index (κ2) is 7.45. The van der Waals surface area contributed by atoms with E-state index in [4.69, 9.17) is 4.74 Å². The largest absolute Gasteiger partial charge is 0.480 e. The van der Waals surface area contributed by atoms with Crippen LogP contribution in [0.4, 0.5) is 0 Å². The SMILES string of the molecule is COc1ncccc1C(=O)N(Cc1ccccc1)C(CO)C1CC1. The van der Waals surface area contributed by atoms with Crippen LogP contribution in [0.15, 0.2) is 48.7 Å². The van der Waals surface area contributed by atoms with Crippen LogP contribution in [0.3, 0.4) is 0 Å². The normalized spacial score (nSPS) is 14.9. The number of carbonyl (C=O) groups is 1. The molecule has 24 heavy (non-hydrogen) atoms. The number of nitrogens with zero attached hydrogens (tertiary/aromatic N) is 2.